The first kappa shape index (κ1) is 17.0. The van der Waals surface area contributed by atoms with Crippen molar-refractivity contribution in [1.29, 1.82) is 5.41 Å². The Morgan fingerprint density at radius 1 is 1.50 bits per heavy atom. The lowest BCUT2D eigenvalue weighted by Gasteiger charge is -2.21. The summed E-state index contributed by atoms with van der Waals surface area (Å²) in [6.45, 7) is 0.0601. The van der Waals surface area contributed by atoms with Crippen molar-refractivity contribution in [2.24, 2.45) is 5.92 Å². The van der Waals surface area contributed by atoms with Crippen molar-refractivity contribution in [3.8, 4) is 18.1 Å². The van der Waals surface area contributed by atoms with Crippen LogP contribution in [0.15, 0.2) is 12.1 Å². The fraction of sp³-hybridized carbons (Fsp3) is 0.438. The molecule has 1 aliphatic carbocycles. The van der Waals surface area contributed by atoms with Gasteiger partial charge in [0.1, 0.15) is 18.2 Å². The highest BCUT2D eigenvalue weighted by molar-refractivity contribution is 8.01. The van der Waals surface area contributed by atoms with Gasteiger partial charge < -0.3 is 4.74 Å². The third-order valence-corrected chi connectivity index (χ3v) is 5.09. The number of terminal acetylenes is 1. The molecule has 22 heavy (non-hydrogen) atoms. The second-order valence-corrected chi connectivity index (χ2v) is 6.52. The molecule has 0 amide bonds. The molecule has 1 N–H and O–H groups in total. The second-order valence-electron chi connectivity index (χ2n) is 5.13. The molecular formula is C16H18ClFN2OS. The summed E-state index contributed by atoms with van der Waals surface area (Å²) in [5.41, 5.74) is 0.259. The Balaban J connectivity index is 2.12. The predicted octanol–water partition coefficient (Wildman–Crippen LogP) is 4.74. The van der Waals surface area contributed by atoms with E-state index in [0.717, 1.165) is 12.1 Å². The molecule has 1 fully saturated rings. The summed E-state index contributed by atoms with van der Waals surface area (Å²) in [6, 6.07) is 2.68. The first-order chi connectivity index (χ1) is 10.7. The van der Waals surface area contributed by atoms with Gasteiger partial charge in [-0.15, -0.1) is 6.42 Å². The molecule has 0 spiro atoms. The summed E-state index contributed by atoms with van der Waals surface area (Å²) in [5.74, 6) is 3.69. The first-order valence-corrected chi connectivity index (χ1v) is 8.45. The smallest absolute Gasteiger partial charge is 0.149 e. The van der Waals surface area contributed by atoms with E-state index in [4.69, 9.17) is 28.2 Å². The van der Waals surface area contributed by atoms with Gasteiger partial charge >= 0.3 is 0 Å². The summed E-state index contributed by atoms with van der Waals surface area (Å²) >= 11 is 7.39. The lowest BCUT2D eigenvalue weighted by molar-refractivity contribution is 0.370. The van der Waals surface area contributed by atoms with Gasteiger partial charge in [-0.3, -0.25) is 9.71 Å². The van der Waals surface area contributed by atoms with Crippen molar-refractivity contribution in [3.05, 3.63) is 23.0 Å². The Morgan fingerprint density at radius 2 is 2.23 bits per heavy atom. The second kappa shape index (κ2) is 8.30. The number of nitrogens with zero attached hydrogens (tertiary/aromatic N) is 1. The average Bonchev–Trinajstić information content (AvgIpc) is 3.02. The molecule has 3 nitrogen and oxygen atoms in total. The summed E-state index contributed by atoms with van der Waals surface area (Å²) in [7, 11) is 0. The van der Waals surface area contributed by atoms with Crippen LogP contribution < -0.4 is 9.04 Å². The number of ether oxygens (including phenoxy) is 1. The molecule has 6 heteroatoms. The molecule has 118 valence electrons. The molecule has 0 saturated heterocycles. The van der Waals surface area contributed by atoms with Crippen LogP contribution in [0.3, 0.4) is 0 Å². The molecule has 1 saturated carbocycles. The van der Waals surface area contributed by atoms with Gasteiger partial charge in [0.2, 0.25) is 0 Å². The SMILES string of the molecule is C#CCOc1cc(N(C=N)SCC2CCCC2)c(F)cc1Cl. The summed E-state index contributed by atoms with van der Waals surface area (Å²) < 4.78 is 21.0. The minimum absolute atomic E-state index is 0.0601. The molecule has 1 aliphatic rings. The third kappa shape index (κ3) is 4.31. The molecule has 1 aromatic carbocycles. The number of hydrogen-bond donors (Lipinski definition) is 1. The van der Waals surface area contributed by atoms with Crippen LogP contribution >= 0.6 is 23.5 Å². The van der Waals surface area contributed by atoms with Gasteiger partial charge in [-0.2, -0.15) is 0 Å². The van der Waals surface area contributed by atoms with Gasteiger partial charge in [-0.25, -0.2) is 4.39 Å². The summed E-state index contributed by atoms with van der Waals surface area (Å²) in [5, 5.41) is 7.71. The lowest BCUT2D eigenvalue weighted by atomic mass is 10.1. The standard InChI is InChI=1S/C16H18ClFN2OS/c1-2-7-21-16-9-15(14(18)8-13(16)17)20(11-19)22-10-12-5-3-4-6-12/h1,8-9,11-12,19H,3-7,10H2. The molecule has 1 aromatic rings. The zero-order chi connectivity index (χ0) is 15.9. The van der Waals surface area contributed by atoms with Gasteiger partial charge in [0.25, 0.3) is 0 Å². The van der Waals surface area contributed by atoms with Crippen molar-refractivity contribution < 1.29 is 9.13 Å². The van der Waals surface area contributed by atoms with E-state index in [1.807, 2.05) is 0 Å². The molecular weight excluding hydrogens is 323 g/mol. The lowest BCUT2D eigenvalue weighted by Crippen LogP contribution is -2.15. The number of hydrogen-bond acceptors (Lipinski definition) is 3. The predicted molar refractivity (Wildman–Crippen MR) is 91.4 cm³/mol. The molecule has 0 atom stereocenters. The minimum atomic E-state index is -0.486. The van der Waals surface area contributed by atoms with Crippen LogP contribution in [0.4, 0.5) is 10.1 Å². The Hall–Kier alpha value is -1.38. The maximum absolute atomic E-state index is 14.2. The maximum Gasteiger partial charge on any atom is 0.149 e. The monoisotopic (exact) mass is 340 g/mol. The normalized spacial score (nSPS) is 14.6. The summed E-state index contributed by atoms with van der Waals surface area (Å²) in [6.07, 6.45) is 11.2. The van der Waals surface area contributed by atoms with Crippen LogP contribution in [0, 0.1) is 29.5 Å². The van der Waals surface area contributed by atoms with E-state index >= 15 is 0 Å². The van der Waals surface area contributed by atoms with Crippen molar-refractivity contribution >= 4 is 35.6 Å². The zero-order valence-corrected chi connectivity index (χ0v) is 13.7. The van der Waals surface area contributed by atoms with Crippen LogP contribution in [0.5, 0.6) is 5.75 Å². The minimum Gasteiger partial charge on any atom is -0.479 e. The van der Waals surface area contributed by atoms with E-state index in [1.165, 1.54) is 54.1 Å². The van der Waals surface area contributed by atoms with Gasteiger partial charge in [0, 0.05) is 11.8 Å². The van der Waals surface area contributed by atoms with Crippen LogP contribution in [0.25, 0.3) is 0 Å². The molecule has 0 radical (unpaired) electrons. The van der Waals surface area contributed by atoms with Crippen LogP contribution in [-0.4, -0.2) is 18.7 Å². The van der Waals surface area contributed by atoms with E-state index in [0.29, 0.717) is 11.7 Å². The van der Waals surface area contributed by atoms with Gasteiger partial charge in [0.15, 0.2) is 0 Å². The number of nitrogens with one attached hydrogen (secondary N) is 1. The number of benzene rings is 1. The van der Waals surface area contributed by atoms with Crippen LogP contribution in [0.1, 0.15) is 25.7 Å². The number of halogens is 2. The largest absolute Gasteiger partial charge is 0.479 e. The average molecular weight is 341 g/mol. The summed E-state index contributed by atoms with van der Waals surface area (Å²) in [4.78, 5) is 0. The fourth-order valence-electron chi connectivity index (χ4n) is 2.46. The van der Waals surface area contributed by atoms with Crippen molar-refractivity contribution in [2.45, 2.75) is 25.7 Å². The van der Waals surface area contributed by atoms with E-state index < -0.39 is 5.82 Å². The van der Waals surface area contributed by atoms with Crippen molar-refractivity contribution in [1.82, 2.24) is 0 Å². The van der Waals surface area contributed by atoms with E-state index in [2.05, 4.69) is 5.92 Å². The maximum atomic E-state index is 14.2. The highest BCUT2D eigenvalue weighted by Crippen LogP contribution is 2.36. The fourth-order valence-corrected chi connectivity index (χ4v) is 3.72. The number of anilines is 1. The Bertz CT molecular complexity index is 570. The van der Waals surface area contributed by atoms with E-state index in [-0.39, 0.29) is 17.3 Å². The highest BCUT2D eigenvalue weighted by Gasteiger charge is 2.19. The molecule has 0 heterocycles. The van der Waals surface area contributed by atoms with Gasteiger partial charge in [-0.05, 0) is 36.8 Å². The topological polar surface area (TPSA) is 36.3 Å². The zero-order valence-electron chi connectivity index (χ0n) is 12.1. The quantitative estimate of drug-likeness (QED) is 0.337. The number of rotatable bonds is 7. The van der Waals surface area contributed by atoms with Crippen LogP contribution in [0.2, 0.25) is 5.02 Å². The molecule has 0 unspecified atom stereocenters. The van der Waals surface area contributed by atoms with Crippen LogP contribution in [-0.2, 0) is 0 Å². The molecule has 2 rings (SSSR count). The Morgan fingerprint density at radius 3 is 2.86 bits per heavy atom. The van der Waals surface area contributed by atoms with Gasteiger partial charge in [-0.1, -0.05) is 30.4 Å². The first-order valence-electron chi connectivity index (χ1n) is 7.13. The van der Waals surface area contributed by atoms with Gasteiger partial charge in [0.05, 0.1) is 17.0 Å². The van der Waals surface area contributed by atoms with E-state index in [1.54, 1.807) is 0 Å². The van der Waals surface area contributed by atoms with Crippen molar-refractivity contribution in [2.75, 3.05) is 16.7 Å². The molecule has 0 aromatic heterocycles. The Labute approximate surface area is 139 Å². The van der Waals surface area contributed by atoms with Crippen molar-refractivity contribution in [3.63, 3.8) is 0 Å². The molecule has 0 bridgehead atoms. The van der Waals surface area contributed by atoms with E-state index in [9.17, 15) is 4.39 Å². The Kier molecular flexibility index (Phi) is 6.41. The molecule has 0 aliphatic heterocycles. The highest BCUT2D eigenvalue weighted by atomic mass is 35.5. The third-order valence-electron chi connectivity index (χ3n) is 3.59.